The van der Waals surface area contributed by atoms with Gasteiger partial charge in [-0.15, -0.1) is 11.3 Å². The van der Waals surface area contributed by atoms with Crippen molar-refractivity contribution in [2.75, 3.05) is 19.5 Å². The Balaban J connectivity index is 2.12. The number of thiophene rings is 1. The molecule has 0 aliphatic heterocycles. The van der Waals surface area contributed by atoms with Gasteiger partial charge in [0.05, 0.1) is 29.8 Å². The Labute approximate surface area is 142 Å². The van der Waals surface area contributed by atoms with E-state index in [0.29, 0.717) is 27.1 Å². The minimum atomic E-state index is -0.271. The summed E-state index contributed by atoms with van der Waals surface area (Å²) in [6.45, 7) is 0. The molecule has 1 heterocycles. The second-order valence-corrected chi connectivity index (χ2v) is 5.84. The van der Waals surface area contributed by atoms with E-state index >= 15 is 0 Å². The van der Waals surface area contributed by atoms with Crippen molar-refractivity contribution < 1.29 is 14.3 Å². The van der Waals surface area contributed by atoms with Gasteiger partial charge in [-0.25, -0.2) is 0 Å². The van der Waals surface area contributed by atoms with Crippen molar-refractivity contribution in [1.82, 2.24) is 5.32 Å². The molecule has 5 nitrogen and oxygen atoms in total. The summed E-state index contributed by atoms with van der Waals surface area (Å²) in [6.07, 6.45) is 0. The van der Waals surface area contributed by atoms with Gasteiger partial charge in [0.15, 0.2) is 5.11 Å². The summed E-state index contributed by atoms with van der Waals surface area (Å²) >= 11 is 12.5. The van der Waals surface area contributed by atoms with Gasteiger partial charge in [0, 0.05) is 12.1 Å². The van der Waals surface area contributed by atoms with Crippen LogP contribution in [0.2, 0.25) is 5.02 Å². The molecule has 0 radical (unpaired) electrons. The Kier molecular flexibility index (Phi) is 5.59. The minimum Gasteiger partial charge on any atom is -0.495 e. The van der Waals surface area contributed by atoms with Crippen LogP contribution < -0.4 is 20.1 Å². The molecule has 0 aliphatic carbocycles. The van der Waals surface area contributed by atoms with Crippen LogP contribution in [-0.2, 0) is 0 Å². The summed E-state index contributed by atoms with van der Waals surface area (Å²) < 4.78 is 10.4. The van der Waals surface area contributed by atoms with Crippen LogP contribution in [0.3, 0.4) is 0 Å². The zero-order valence-corrected chi connectivity index (χ0v) is 14.2. The lowest BCUT2D eigenvalue weighted by molar-refractivity contribution is 0.0981. The smallest absolute Gasteiger partial charge is 0.267 e. The van der Waals surface area contributed by atoms with Crippen LogP contribution in [0.1, 0.15) is 9.67 Å². The highest BCUT2D eigenvalue weighted by Crippen LogP contribution is 2.35. The van der Waals surface area contributed by atoms with E-state index in [1.807, 2.05) is 5.38 Å². The second-order valence-electron chi connectivity index (χ2n) is 4.07. The highest BCUT2D eigenvalue weighted by atomic mass is 35.5. The number of nitrogens with one attached hydrogen (secondary N) is 2. The molecule has 0 unspecified atom stereocenters. The van der Waals surface area contributed by atoms with Gasteiger partial charge in [-0.05, 0) is 23.7 Å². The first-order valence-corrected chi connectivity index (χ1v) is 7.79. The first-order chi connectivity index (χ1) is 10.5. The quantitative estimate of drug-likeness (QED) is 0.820. The lowest BCUT2D eigenvalue weighted by Crippen LogP contribution is -2.33. The first-order valence-electron chi connectivity index (χ1n) is 6.12. The van der Waals surface area contributed by atoms with Gasteiger partial charge in [0.1, 0.15) is 11.5 Å². The van der Waals surface area contributed by atoms with Gasteiger partial charge in [0.25, 0.3) is 5.91 Å². The third-order valence-corrected chi connectivity index (χ3v) is 4.06. The highest BCUT2D eigenvalue weighted by molar-refractivity contribution is 7.80. The van der Waals surface area contributed by atoms with Crippen molar-refractivity contribution in [3.63, 3.8) is 0 Å². The predicted molar refractivity (Wildman–Crippen MR) is 92.6 cm³/mol. The molecule has 0 saturated carbocycles. The summed E-state index contributed by atoms with van der Waals surface area (Å²) in [5.41, 5.74) is 0.542. The molecule has 2 rings (SSSR count). The zero-order chi connectivity index (χ0) is 16.1. The van der Waals surface area contributed by atoms with Gasteiger partial charge >= 0.3 is 0 Å². The number of halogens is 1. The largest absolute Gasteiger partial charge is 0.495 e. The average molecular weight is 357 g/mol. The van der Waals surface area contributed by atoms with E-state index in [2.05, 4.69) is 10.6 Å². The fourth-order valence-electron chi connectivity index (χ4n) is 1.68. The molecule has 0 saturated heterocycles. The Morgan fingerprint density at radius 1 is 1.27 bits per heavy atom. The van der Waals surface area contributed by atoms with Crippen molar-refractivity contribution >= 4 is 51.9 Å². The molecule has 0 bridgehead atoms. The fourth-order valence-corrected chi connectivity index (χ4v) is 2.74. The van der Waals surface area contributed by atoms with Gasteiger partial charge in [0.2, 0.25) is 0 Å². The van der Waals surface area contributed by atoms with Crippen LogP contribution in [0.4, 0.5) is 5.69 Å². The molecule has 0 spiro atoms. The maximum absolute atomic E-state index is 11.9. The Hall–Kier alpha value is -1.83. The van der Waals surface area contributed by atoms with Crippen LogP contribution in [0.15, 0.2) is 29.6 Å². The summed E-state index contributed by atoms with van der Waals surface area (Å²) in [7, 11) is 3.02. The zero-order valence-electron chi connectivity index (χ0n) is 11.8. The van der Waals surface area contributed by atoms with E-state index < -0.39 is 0 Å². The van der Waals surface area contributed by atoms with Gasteiger partial charge < -0.3 is 14.8 Å². The summed E-state index contributed by atoms with van der Waals surface area (Å²) in [5.74, 6) is 0.684. The Morgan fingerprint density at radius 2 is 2.00 bits per heavy atom. The monoisotopic (exact) mass is 356 g/mol. The maximum atomic E-state index is 11.9. The molecule has 8 heteroatoms. The molecule has 116 valence electrons. The lowest BCUT2D eigenvalue weighted by atomic mass is 10.2. The third-order valence-electron chi connectivity index (χ3n) is 2.69. The fraction of sp³-hybridized carbons (Fsp3) is 0.143. The highest BCUT2D eigenvalue weighted by Gasteiger charge is 2.13. The standard InChI is InChI=1S/C14H13ClN2O3S2/c1-19-10-7-9(11(20-2)6-8(10)15)16-14(21)17-13(18)12-4-3-5-22-12/h3-7H,1-2H3,(H2,16,17,18,21). The number of hydrogen-bond acceptors (Lipinski definition) is 5. The van der Waals surface area contributed by atoms with Crippen LogP contribution in [0, 0.1) is 0 Å². The third kappa shape index (κ3) is 3.88. The number of rotatable bonds is 4. The first kappa shape index (κ1) is 16.5. The van der Waals surface area contributed by atoms with Gasteiger partial charge in [-0.2, -0.15) is 0 Å². The molecule has 1 amide bonds. The lowest BCUT2D eigenvalue weighted by Gasteiger charge is -2.14. The molecular formula is C14H13ClN2O3S2. The van der Waals surface area contributed by atoms with E-state index in [4.69, 9.17) is 33.3 Å². The van der Waals surface area contributed by atoms with E-state index in [9.17, 15) is 4.79 Å². The number of anilines is 1. The van der Waals surface area contributed by atoms with Crippen molar-refractivity contribution in [3.05, 3.63) is 39.5 Å². The maximum Gasteiger partial charge on any atom is 0.267 e. The van der Waals surface area contributed by atoms with Crippen molar-refractivity contribution in [3.8, 4) is 11.5 Å². The molecule has 22 heavy (non-hydrogen) atoms. The van der Waals surface area contributed by atoms with E-state index in [1.54, 1.807) is 24.3 Å². The van der Waals surface area contributed by atoms with Crippen LogP contribution in [-0.4, -0.2) is 25.2 Å². The van der Waals surface area contributed by atoms with Crippen LogP contribution >= 0.6 is 35.2 Å². The number of methoxy groups -OCH3 is 2. The van der Waals surface area contributed by atoms with Crippen molar-refractivity contribution in [2.24, 2.45) is 0 Å². The van der Waals surface area contributed by atoms with Crippen molar-refractivity contribution in [2.45, 2.75) is 0 Å². The number of ether oxygens (including phenoxy) is 2. The number of hydrogen-bond donors (Lipinski definition) is 2. The average Bonchev–Trinajstić information content (AvgIpc) is 3.02. The predicted octanol–water partition coefficient (Wildman–Crippen LogP) is 3.55. The number of carbonyl (C=O) groups excluding carboxylic acids is 1. The van der Waals surface area contributed by atoms with Crippen molar-refractivity contribution in [1.29, 1.82) is 0 Å². The normalized spacial score (nSPS) is 9.95. The molecule has 0 fully saturated rings. The molecular weight excluding hydrogens is 344 g/mol. The second kappa shape index (κ2) is 7.44. The minimum absolute atomic E-state index is 0.154. The molecule has 2 N–H and O–H groups in total. The SMILES string of the molecule is COc1cc(NC(=S)NC(=O)c2cccs2)c(OC)cc1Cl. The summed E-state index contributed by atoms with van der Waals surface area (Å²) in [5, 5.41) is 7.88. The number of carbonyl (C=O) groups is 1. The van der Waals surface area contributed by atoms with E-state index in [1.165, 1.54) is 25.6 Å². The topological polar surface area (TPSA) is 59.6 Å². The molecule has 0 atom stereocenters. The Morgan fingerprint density at radius 3 is 2.59 bits per heavy atom. The summed E-state index contributed by atoms with van der Waals surface area (Å²) in [4.78, 5) is 12.5. The Bertz CT molecular complexity index is 690. The molecule has 2 aromatic rings. The van der Waals surface area contributed by atoms with Gasteiger partial charge in [-0.1, -0.05) is 17.7 Å². The molecule has 1 aromatic heterocycles. The van der Waals surface area contributed by atoms with E-state index in [0.717, 1.165) is 0 Å². The number of thiocarbonyl (C=S) groups is 1. The molecule has 1 aromatic carbocycles. The number of benzene rings is 1. The van der Waals surface area contributed by atoms with Crippen LogP contribution in [0.5, 0.6) is 11.5 Å². The number of amides is 1. The molecule has 0 aliphatic rings. The van der Waals surface area contributed by atoms with Crippen LogP contribution in [0.25, 0.3) is 0 Å². The van der Waals surface area contributed by atoms with E-state index in [-0.39, 0.29) is 11.0 Å². The van der Waals surface area contributed by atoms with Gasteiger partial charge in [-0.3, -0.25) is 10.1 Å². The summed E-state index contributed by atoms with van der Waals surface area (Å²) in [6, 6.07) is 6.76.